The fourth-order valence-corrected chi connectivity index (χ4v) is 4.90. The first-order chi connectivity index (χ1) is 14.0. The molecule has 7 nitrogen and oxygen atoms in total. The van der Waals surface area contributed by atoms with Crippen molar-refractivity contribution in [1.82, 2.24) is 9.80 Å². The number of piperazine rings is 1. The Labute approximate surface area is 190 Å². The van der Waals surface area contributed by atoms with Crippen LogP contribution >= 0.6 is 35.6 Å². The minimum absolute atomic E-state index is 0.0913. The van der Waals surface area contributed by atoms with Gasteiger partial charge in [-0.05, 0) is 39.0 Å². The van der Waals surface area contributed by atoms with Gasteiger partial charge in [0, 0.05) is 37.6 Å². The van der Waals surface area contributed by atoms with E-state index in [0.29, 0.717) is 41.2 Å². The van der Waals surface area contributed by atoms with E-state index in [0.717, 1.165) is 0 Å². The average Bonchev–Trinajstić information content (AvgIpc) is 2.93. The molecule has 2 heterocycles. The molecule has 0 saturated carbocycles. The highest BCUT2D eigenvalue weighted by molar-refractivity contribution is 8.23. The predicted octanol–water partition coefficient (Wildman–Crippen LogP) is 3.54. The Bertz CT molecular complexity index is 866. The summed E-state index contributed by atoms with van der Waals surface area (Å²) >= 11 is 12.7. The number of hydrogen-bond acceptors (Lipinski definition) is 6. The van der Waals surface area contributed by atoms with Crippen LogP contribution in [0.2, 0.25) is 5.02 Å². The zero-order valence-corrected chi connectivity index (χ0v) is 19.5. The van der Waals surface area contributed by atoms with E-state index in [9.17, 15) is 14.4 Å². The van der Waals surface area contributed by atoms with Crippen LogP contribution in [0.15, 0.2) is 24.3 Å². The number of thioether (sulfide) groups is 1. The number of amides is 3. The summed E-state index contributed by atoms with van der Waals surface area (Å²) in [6.45, 7) is 7.58. The van der Waals surface area contributed by atoms with Crippen molar-refractivity contribution in [2.24, 2.45) is 0 Å². The first-order valence-electron chi connectivity index (χ1n) is 9.61. The molecule has 10 heteroatoms. The summed E-state index contributed by atoms with van der Waals surface area (Å²) in [5, 5.41) is -0.101. The monoisotopic (exact) mass is 469 g/mol. The molecule has 3 rings (SSSR count). The van der Waals surface area contributed by atoms with Crippen LogP contribution < -0.4 is 4.90 Å². The maximum Gasteiger partial charge on any atom is 0.410 e. The second-order valence-corrected chi connectivity index (χ2v) is 10.4. The van der Waals surface area contributed by atoms with Crippen LogP contribution in [0.5, 0.6) is 0 Å². The van der Waals surface area contributed by atoms with E-state index >= 15 is 0 Å². The molecular formula is C20H24ClN3O4S2. The fourth-order valence-electron chi connectivity index (χ4n) is 3.18. The third-order valence-electron chi connectivity index (χ3n) is 4.60. The fraction of sp³-hybridized carbons (Fsp3) is 0.500. The Kier molecular flexibility index (Phi) is 6.94. The topological polar surface area (TPSA) is 70.2 Å². The molecule has 30 heavy (non-hydrogen) atoms. The standard InChI is InChI=1S/C20H24ClN3O4S2/c1-20(2,3)28-18(27)22-7-9-23(10-8-22)19(29)30-15-12-16(25)24(17(15)26)14-6-4-5-13(21)11-14/h4-6,11,15H,7-10,12H2,1-3H3/t15-/m1/s1. The molecule has 0 bridgehead atoms. The summed E-state index contributed by atoms with van der Waals surface area (Å²) in [5.74, 6) is -0.556. The van der Waals surface area contributed by atoms with Gasteiger partial charge in [-0.1, -0.05) is 41.6 Å². The number of imide groups is 1. The van der Waals surface area contributed by atoms with Gasteiger partial charge in [0.2, 0.25) is 11.8 Å². The molecule has 0 spiro atoms. The van der Waals surface area contributed by atoms with Gasteiger partial charge in [-0.25, -0.2) is 9.69 Å². The van der Waals surface area contributed by atoms with Crippen LogP contribution in [0.25, 0.3) is 0 Å². The van der Waals surface area contributed by atoms with Crippen LogP contribution in [0, 0.1) is 0 Å². The maximum atomic E-state index is 12.8. The summed E-state index contributed by atoms with van der Waals surface area (Å²) < 4.78 is 5.96. The average molecular weight is 470 g/mol. The van der Waals surface area contributed by atoms with Crippen molar-refractivity contribution < 1.29 is 19.1 Å². The van der Waals surface area contributed by atoms with Crippen LogP contribution in [-0.2, 0) is 14.3 Å². The van der Waals surface area contributed by atoms with Gasteiger partial charge in [-0.3, -0.25) is 9.59 Å². The quantitative estimate of drug-likeness (QED) is 0.484. The van der Waals surface area contributed by atoms with Crippen LogP contribution in [-0.4, -0.2) is 69.1 Å². The van der Waals surface area contributed by atoms with Crippen molar-refractivity contribution >= 4 is 63.5 Å². The summed E-state index contributed by atoms with van der Waals surface area (Å²) in [6, 6.07) is 6.67. The predicted molar refractivity (Wildman–Crippen MR) is 122 cm³/mol. The number of rotatable bonds is 2. The molecule has 0 unspecified atom stereocenters. The van der Waals surface area contributed by atoms with Gasteiger partial charge >= 0.3 is 6.09 Å². The lowest BCUT2D eigenvalue weighted by Crippen LogP contribution is -2.51. The Morgan fingerprint density at radius 1 is 1.17 bits per heavy atom. The summed E-state index contributed by atoms with van der Waals surface area (Å²) in [6.07, 6.45) is -0.247. The number of nitrogens with zero attached hydrogens (tertiary/aromatic N) is 3. The van der Waals surface area contributed by atoms with Gasteiger partial charge < -0.3 is 14.5 Å². The van der Waals surface area contributed by atoms with Gasteiger partial charge in [-0.15, -0.1) is 0 Å². The second kappa shape index (κ2) is 9.11. The van der Waals surface area contributed by atoms with Crippen molar-refractivity contribution in [2.75, 3.05) is 31.1 Å². The lowest BCUT2D eigenvalue weighted by atomic mass is 10.2. The number of hydrogen-bond donors (Lipinski definition) is 0. The van der Waals surface area contributed by atoms with E-state index in [1.807, 2.05) is 25.7 Å². The molecule has 1 aromatic rings. The highest BCUT2D eigenvalue weighted by Crippen LogP contribution is 2.32. The second-order valence-electron chi connectivity index (χ2n) is 8.08. The molecule has 0 aromatic heterocycles. The number of carbonyl (C=O) groups is 3. The first-order valence-corrected chi connectivity index (χ1v) is 11.3. The SMILES string of the molecule is CC(C)(C)OC(=O)N1CCN(C(=S)S[C@@H]2CC(=O)N(c3cccc(Cl)c3)C2=O)CC1. The number of anilines is 1. The summed E-state index contributed by atoms with van der Waals surface area (Å²) in [5.41, 5.74) is -0.0682. The number of benzene rings is 1. The minimum Gasteiger partial charge on any atom is -0.444 e. The van der Waals surface area contributed by atoms with Gasteiger partial charge in [0.1, 0.15) is 15.2 Å². The molecule has 0 radical (unpaired) electrons. The molecule has 2 fully saturated rings. The van der Waals surface area contributed by atoms with E-state index in [1.165, 1.54) is 16.7 Å². The molecule has 2 saturated heterocycles. The number of ether oxygens (including phenoxy) is 1. The van der Waals surface area contributed by atoms with Gasteiger partial charge in [0.05, 0.1) is 5.69 Å². The molecule has 2 aliphatic rings. The minimum atomic E-state index is -0.562. The van der Waals surface area contributed by atoms with E-state index in [4.69, 9.17) is 28.6 Å². The molecule has 1 atom stereocenters. The summed E-state index contributed by atoms with van der Waals surface area (Å²) in [4.78, 5) is 42.2. The first kappa shape index (κ1) is 22.8. The molecule has 162 valence electrons. The zero-order valence-electron chi connectivity index (χ0n) is 17.1. The van der Waals surface area contributed by atoms with E-state index in [-0.39, 0.29) is 24.3 Å². The van der Waals surface area contributed by atoms with Crippen molar-refractivity contribution in [3.63, 3.8) is 0 Å². The van der Waals surface area contributed by atoms with Crippen molar-refractivity contribution in [3.05, 3.63) is 29.3 Å². The van der Waals surface area contributed by atoms with Crippen molar-refractivity contribution in [2.45, 2.75) is 38.0 Å². The van der Waals surface area contributed by atoms with Crippen molar-refractivity contribution in [3.8, 4) is 0 Å². The Morgan fingerprint density at radius 2 is 1.80 bits per heavy atom. The molecule has 0 aliphatic carbocycles. The molecule has 3 amide bonds. The Hall–Kier alpha value is -1.84. The largest absolute Gasteiger partial charge is 0.444 e. The Balaban J connectivity index is 1.55. The smallest absolute Gasteiger partial charge is 0.410 e. The zero-order chi connectivity index (χ0) is 22.1. The third kappa shape index (κ3) is 5.44. The van der Waals surface area contributed by atoms with Gasteiger partial charge in [0.15, 0.2) is 0 Å². The van der Waals surface area contributed by atoms with E-state index in [1.54, 1.807) is 29.2 Å². The molecule has 2 aliphatic heterocycles. The van der Waals surface area contributed by atoms with Crippen LogP contribution in [0.1, 0.15) is 27.2 Å². The maximum absolute atomic E-state index is 12.8. The normalized spacial score (nSPS) is 20.0. The van der Waals surface area contributed by atoms with Crippen molar-refractivity contribution in [1.29, 1.82) is 0 Å². The lowest BCUT2D eigenvalue weighted by molar-refractivity contribution is -0.121. The highest BCUT2D eigenvalue weighted by Gasteiger charge is 2.41. The lowest BCUT2D eigenvalue weighted by Gasteiger charge is -2.36. The number of thiocarbonyl (C=S) groups is 1. The molecule has 1 aromatic carbocycles. The molecular weight excluding hydrogens is 446 g/mol. The third-order valence-corrected chi connectivity index (χ3v) is 6.50. The van der Waals surface area contributed by atoms with Gasteiger partial charge in [-0.2, -0.15) is 0 Å². The number of carbonyl (C=O) groups excluding carboxylic acids is 3. The molecule has 0 N–H and O–H groups in total. The van der Waals surface area contributed by atoms with Crippen LogP contribution in [0.3, 0.4) is 0 Å². The van der Waals surface area contributed by atoms with E-state index < -0.39 is 10.9 Å². The van der Waals surface area contributed by atoms with Crippen LogP contribution in [0.4, 0.5) is 10.5 Å². The van der Waals surface area contributed by atoms with E-state index in [2.05, 4.69) is 0 Å². The highest BCUT2D eigenvalue weighted by atomic mass is 35.5. The summed E-state index contributed by atoms with van der Waals surface area (Å²) in [7, 11) is 0. The number of halogens is 1. The Morgan fingerprint density at radius 3 is 2.40 bits per heavy atom. The van der Waals surface area contributed by atoms with Gasteiger partial charge in [0.25, 0.3) is 0 Å².